The summed E-state index contributed by atoms with van der Waals surface area (Å²) in [6.45, 7) is 0.800. The number of sulfonamides is 1. The van der Waals surface area contributed by atoms with E-state index in [4.69, 9.17) is 17.3 Å². The van der Waals surface area contributed by atoms with Crippen molar-refractivity contribution in [3.63, 3.8) is 0 Å². The van der Waals surface area contributed by atoms with E-state index < -0.39 is 15.8 Å². The molecule has 2 rings (SSSR count). The van der Waals surface area contributed by atoms with Gasteiger partial charge in [0.2, 0.25) is 15.9 Å². The Kier molecular flexibility index (Phi) is 8.56. The summed E-state index contributed by atoms with van der Waals surface area (Å²) in [5.41, 5.74) is 5.33. The molecule has 142 valence electrons. The maximum Gasteiger partial charge on any atom is 0.244 e. The molecule has 0 spiro atoms. The molecule has 1 aliphatic rings. The van der Waals surface area contributed by atoms with Gasteiger partial charge in [0.15, 0.2) is 0 Å². The van der Waals surface area contributed by atoms with E-state index in [2.05, 4.69) is 5.32 Å². The zero-order chi connectivity index (χ0) is 17.7. The van der Waals surface area contributed by atoms with Crippen LogP contribution in [-0.2, 0) is 14.8 Å². The van der Waals surface area contributed by atoms with Gasteiger partial charge in [-0.25, -0.2) is 12.8 Å². The van der Waals surface area contributed by atoms with E-state index >= 15 is 0 Å². The van der Waals surface area contributed by atoms with Gasteiger partial charge < -0.3 is 11.1 Å². The predicted octanol–water partition coefficient (Wildman–Crippen LogP) is 1.91. The molecule has 1 aromatic carbocycles. The summed E-state index contributed by atoms with van der Waals surface area (Å²) < 4.78 is 40.3. The van der Waals surface area contributed by atoms with Crippen molar-refractivity contribution >= 4 is 39.9 Å². The SMILES string of the molecule is Cl.NCCC(=O)NCC1CCCCN1S(=O)(=O)c1ccc(F)cc1Cl. The first-order valence-electron chi connectivity index (χ1n) is 7.80. The van der Waals surface area contributed by atoms with Crippen LogP contribution in [0.15, 0.2) is 23.1 Å². The predicted molar refractivity (Wildman–Crippen MR) is 96.9 cm³/mol. The molecule has 1 aliphatic heterocycles. The van der Waals surface area contributed by atoms with Crippen LogP contribution >= 0.6 is 24.0 Å². The Hall–Kier alpha value is -0.930. The van der Waals surface area contributed by atoms with E-state index in [1.807, 2.05) is 0 Å². The molecule has 0 aliphatic carbocycles. The van der Waals surface area contributed by atoms with Crippen LogP contribution < -0.4 is 11.1 Å². The minimum atomic E-state index is -3.86. The third-order valence-corrected chi connectivity index (χ3v) is 6.39. The number of hydrogen-bond acceptors (Lipinski definition) is 4. The first-order chi connectivity index (χ1) is 11.4. The van der Waals surface area contributed by atoms with Crippen molar-refractivity contribution in [2.45, 2.75) is 36.6 Å². The highest BCUT2D eigenvalue weighted by atomic mass is 35.5. The zero-order valence-electron chi connectivity index (χ0n) is 13.6. The zero-order valence-corrected chi connectivity index (χ0v) is 16.0. The summed E-state index contributed by atoms with van der Waals surface area (Å²) in [6, 6.07) is 2.87. The Morgan fingerprint density at radius 2 is 2.12 bits per heavy atom. The Balaban J connectivity index is 0.00000312. The number of amides is 1. The standard InChI is InChI=1S/C15H21ClFN3O3S.ClH/c16-13-9-11(17)4-5-14(13)24(22,23)20-8-2-1-3-12(20)10-19-15(21)6-7-18;/h4-5,9,12H,1-3,6-8,10,18H2,(H,19,21);1H. The van der Waals surface area contributed by atoms with Gasteiger partial charge in [-0.2, -0.15) is 4.31 Å². The number of piperidine rings is 1. The van der Waals surface area contributed by atoms with E-state index in [0.29, 0.717) is 13.0 Å². The summed E-state index contributed by atoms with van der Waals surface area (Å²) in [6.07, 6.45) is 2.44. The normalized spacial score (nSPS) is 18.4. The quantitative estimate of drug-likeness (QED) is 0.744. The summed E-state index contributed by atoms with van der Waals surface area (Å²) in [4.78, 5) is 11.5. The summed E-state index contributed by atoms with van der Waals surface area (Å²) in [7, 11) is -3.86. The summed E-state index contributed by atoms with van der Waals surface area (Å²) in [5, 5.41) is 2.57. The molecule has 0 bridgehead atoms. The molecular weight excluding hydrogens is 392 g/mol. The lowest BCUT2D eigenvalue weighted by Crippen LogP contribution is -2.49. The molecule has 0 saturated carbocycles. The number of carbonyl (C=O) groups is 1. The van der Waals surface area contributed by atoms with Crippen molar-refractivity contribution in [3.05, 3.63) is 29.0 Å². The number of hydrogen-bond donors (Lipinski definition) is 2. The first-order valence-corrected chi connectivity index (χ1v) is 9.61. The Labute approximate surface area is 158 Å². The van der Waals surface area contributed by atoms with Crippen molar-refractivity contribution < 1.29 is 17.6 Å². The lowest BCUT2D eigenvalue weighted by Gasteiger charge is -2.35. The molecule has 1 atom stereocenters. The minimum absolute atomic E-state index is 0. The van der Waals surface area contributed by atoms with E-state index in [9.17, 15) is 17.6 Å². The van der Waals surface area contributed by atoms with Crippen molar-refractivity contribution in [2.75, 3.05) is 19.6 Å². The molecule has 1 aromatic rings. The van der Waals surface area contributed by atoms with Crippen LogP contribution in [0.1, 0.15) is 25.7 Å². The van der Waals surface area contributed by atoms with Crippen molar-refractivity contribution in [3.8, 4) is 0 Å². The Bertz CT molecular complexity index is 703. The molecule has 1 heterocycles. The van der Waals surface area contributed by atoms with Crippen LogP contribution in [0.4, 0.5) is 4.39 Å². The lowest BCUT2D eigenvalue weighted by molar-refractivity contribution is -0.121. The molecule has 1 fully saturated rings. The third-order valence-electron chi connectivity index (χ3n) is 3.96. The van der Waals surface area contributed by atoms with Crippen molar-refractivity contribution in [1.82, 2.24) is 9.62 Å². The monoisotopic (exact) mass is 413 g/mol. The maximum absolute atomic E-state index is 13.2. The van der Waals surface area contributed by atoms with E-state index in [1.165, 1.54) is 10.4 Å². The van der Waals surface area contributed by atoms with Crippen LogP contribution in [0.2, 0.25) is 5.02 Å². The molecule has 1 saturated heterocycles. The van der Waals surface area contributed by atoms with Gasteiger partial charge in [-0.1, -0.05) is 18.0 Å². The highest BCUT2D eigenvalue weighted by Crippen LogP contribution is 2.29. The second kappa shape index (κ2) is 9.68. The highest BCUT2D eigenvalue weighted by Gasteiger charge is 2.34. The van der Waals surface area contributed by atoms with E-state index in [1.54, 1.807) is 0 Å². The molecule has 6 nitrogen and oxygen atoms in total. The number of rotatable bonds is 6. The maximum atomic E-state index is 13.2. The molecule has 1 unspecified atom stereocenters. The minimum Gasteiger partial charge on any atom is -0.354 e. The van der Waals surface area contributed by atoms with E-state index in [0.717, 1.165) is 25.0 Å². The van der Waals surface area contributed by atoms with Gasteiger partial charge in [0, 0.05) is 32.1 Å². The first kappa shape index (κ1) is 22.1. The molecule has 3 N–H and O–H groups in total. The van der Waals surface area contributed by atoms with E-state index in [-0.39, 0.29) is 53.8 Å². The fourth-order valence-corrected chi connectivity index (χ4v) is 4.96. The highest BCUT2D eigenvalue weighted by molar-refractivity contribution is 7.89. The van der Waals surface area contributed by atoms with Gasteiger partial charge in [0.25, 0.3) is 0 Å². The van der Waals surface area contributed by atoms with Crippen LogP contribution in [0.3, 0.4) is 0 Å². The number of nitrogens with two attached hydrogens (primary N) is 1. The second-order valence-corrected chi connectivity index (χ2v) is 7.95. The van der Waals surface area contributed by atoms with Gasteiger partial charge >= 0.3 is 0 Å². The van der Waals surface area contributed by atoms with Crippen LogP contribution in [0.25, 0.3) is 0 Å². The molecule has 25 heavy (non-hydrogen) atoms. The van der Waals surface area contributed by atoms with Crippen LogP contribution in [0.5, 0.6) is 0 Å². The fourth-order valence-electron chi connectivity index (χ4n) is 2.76. The van der Waals surface area contributed by atoms with Crippen molar-refractivity contribution in [1.29, 1.82) is 0 Å². The molecule has 0 aromatic heterocycles. The van der Waals surface area contributed by atoms with Gasteiger partial charge in [0.05, 0.1) is 5.02 Å². The van der Waals surface area contributed by atoms with Crippen LogP contribution in [0, 0.1) is 5.82 Å². The third kappa shape index (κ3) is 5.52. The largest absolute Gasteiger partial charge is 0.354 e. The number of benzene rings is 1. The Morgan fingerprint density at radius 1 is 1.40 bits per heavy atom. The Morgan fingerprint density at radius 3 is 2.76 bits per heavy atom. The molecule has 10 heteroatoms. The number of carbonyl (C=O) groups excluding carboxylic acids is 1. The number of nitrogens with zero attached hydrogens (tertiary/aromatic N) is 1. The van der Waals surface area contributed by atoms with Crippen molar-refractivity contribution in [2.24, 2.45) is 5.73 Å². The van der Waals surface area contributed by atoms with Gasteiger partial charge in [-0.3, -0.25) is 4.79 Å². The topological polar surface area (TPSA) is 92.5 Å². The average Bonchev–Trinajstić information content (AvgIpc) is 2.53. The second-order valence-electron chi connectivity index (χ2n) is 5.68. The smallest absolute Gasteiger partial charge is 0.244 e. The van der Waals surface area contributed by atoms with Gasteiger partial charge in [0.1, 0.15) is 10.7 Å². The number of halogens is 3. The summed E-state index contributed by atoms with van der Waals surface area (Å²) in [5.74, 6) is -0.802. The average molecular weight is 414 g/mol. The fraction of sp³-hybridized carbons (Fsp3) is 0.533. The van der Waals surface area contributed by atoms with Gasteiger partial charge in [-0.05, 0) is 31.0 Å². The van der Waals surface area contributed by atoms with Gasteiger partial charge in [-0.15, -0.1) is 12.4 Å². The molecule has 1 amide bonds. The molecular formula is C15H22Cl2FN3O3S. The van der Waals surface area contributed by atoms with Crippen LogP contribution in [-0.4, -0.2) is 44.3 Å². The lowest BCUT2D eigenvalue weighted by atomic mass is 10.1. The number of nitrogens with one attached hydrogen (secondary N) is 1. The summed E-state index contributed by atoms with van der Waals surface area (Å²) >= 11 is 5.92. The molecule has 0 radical (unpaired) electrons.